The van der Waals surface area contributed by atoms with Gasteiger partial charge < -0.3 is 4.74 Å². The third-order valence-corrected chi connectivity index (χ3v) is 4.59. The Morgan fingerprint density at radius 1 is 1.05 bits per heavy atom. The van der Waals surface area contributed by atoms with Crippen LogP contribution in [0.25, 0.3) is 10.8 Å². The molecule has 1 N–H and O–H groups in total. The Kier molecular flexibility index (Phi) is 3.08. The Morgan fingerprint density at radius 2 is 1.73 bits per heavy atom. The molecule has 1 heterocycles. The molecule has 1 aliphatic heterocycles. The van der Waals surface area contributed by atoms with Crippen molar-refractivity contribution in [2.75, 3.05) is 0 Å². The first-order chi connectivity index (χ1) is 10.2. The maximum Gasteiger partial charge on any atom is 0.346 e. The minimum Gasteiger partial charge on any atom is -0.386 e. The van der Waals surface area contributed by atoms with E-state index in [0.29, 0.717) is 5.56 Å². The van der Waals surface area contributed by atoms with Crippen molar-refractivity contribution in [1.82, 2.24) is 0 Å². The van der Waals surface area contributed by atoms with Crippen LogP contribution in [-0.2, 0) is 14.9 Å². The van der Waals surface area contributed by atoms with Crippen LogP contribution < -0.4 is 0 Å². The summed E-state index contributed by atoms with van der Waals surface area (Å²) >= 11 is 0. The van der Waals surface area contributed by atoms with E-state index in [9.17, 15) is 22.6 Å². The van der Waals surface area contributed by atoms with Crippen molar-refractivity contribution < 1.29 is 27.3 Å². The molecule has 0 radical (unpaired) electrons. The highest BCUT2D eigenvalue weighted by Crippen LogP contribution is 2.36. The van der Waals surface area contributed by atoms with Crippen molar-refractivity contribution in [3.8, 4) is 0 Å². The van der Waals surface area contributed by atoms with E-state index in [1.807, 2.05) is 13.8 Å². The molecule has 0 aromatic heterocycles. The standard InChI is InChI=1S/C15H12O6S/c1-7(2)8-3-4-9-11(22(18,19)20)6-5-10-12(9)13(8)15(17)21-14(10)16/h3-7H,1-2H3,(H,18,19,20). The second kappa shape index (κ2) is 4.62. The monoisotopic (exact) mass is 320 g/mol. The number of cyclic esters (lactones) is 2. The van der Waals surface area contributed by atoms with Crippen LogP contribution >= 0.6 is 0 Å². The van der Waals surface area contributed by atoms with Crippen LogP contribution in [0.3, 0.4) is 0 Å². The molecule has 114 valence electrons. The zero-order chi connectivity index (χ0) is 16.2. The Balaban J connectivity index is 2.57. The number of hydrogen-bond donors (Lipinski definition) is 1. The number of esters is 2. The number of carbonyl (C=O) groups is 2. The number of carbonyl (C=O) groups excluding carboxylic acids is 2. The Labute approximate surface area is 126 Å². The summed E-state index contributed by atoms with van der Waals surface area (Å²) in [6, 6.07) is 5.47. The molecule has 0 amide bonds. The maximum absolute atomic E-state index is 12.1. The zero-order valence-electron chi connectivity index (χ0n) is 11.8. The highest BCUT2D eigenvalue weighted by Gasteiger charge is 2.32. The fraction of sp³-hybridized carbons (Fsp3) is 0.200. The summed E-state index contributed by atoms with van der Waals surface area (Å²) in [6.45, 7) is 3.74. The van der Waals surface area contributed by atoms with Gasteiger partial charge in [-0.05, 0) is 23.6 Å². The van der Waals surface area contributed by atoms with Crippen molar-refractivity contribution >= 4 is 32.8 Å². The van der Waals surface area contributed by atoms with E-state index in [2.05, 4.69) is 0 Å². The Morgan fingerprint density at radius 3 is 2.32 bits per heavy atom. The highest BCUT2D eigenvalue weighted by atomic mass is 32.2. The number of ether oxygens (including phenoxy) is 1. The lowest BCUT2D eigenvalue weighted by molar-refractivity contribution is 0.0390. The van der Waals surface area contributed by atoms with Crippen LogP contribution in [0.2, 0.25) is 0 Å². The molecule has 0 aliphatic carbocycles. The average molecular weight is 320 g/mol. The largest absolute Gasteiger partial charge is 0.386 e. The Bertz CT molecular complexity index is 940. The first-order valence-electron chi connectivity index (χ1n) is 6.55. The Hall–Kier alpha value is -2.25. The fourth-order valence-corrected chi connectivity index (χ4v) is 3.41. The van der Waals surface area contributed by atoms with Gasteiger partial charge in [-0.1, -0.05) is 26.0 Å². The average Bonchev–Trinajstić information content (AvgIpc) is 2.42. The number of benzene rings is 2. The van der Waals surface area contributed by atoms with E-state index in [-0.39, 0.29) is 32.7 Å². The lowest BCUT2D eigenvalue weighted by Gasteiger charge is -2.21. The minimum atomic E-state index is -4.48. The molecule has 0 saturated heterocycles. The second-order valence-corrected chi connectivity index (χ2v) is 6.76. The third kappa shape index (κ3) is 2.01. The molecule has 0 unspecified atom stereocenters. The van der Waals surface area contributed by atoms with Crippen molar-refractivity contribution in [2.24, 2.45) is 0 Å². The molecule has 2 aromatic rings. The first-order valence-corrected chi connectivity index (χ1v) is 7.99. The van der Waals surface area contributed by atoms with Crippen molar-refractivity contribution in [1.29, 1.82) is 0 Å². The smallest absolute Gasteiger partial charge is 0.346 e. The quantitative estimate of drug-likeness (QED) is 0.519. The molecule has 0 saturated carbocycles. The number of rotatable bonds is 2. The van der Waals surface area contributed by atoms with Gasteiger partial charge in [-0.15, -0.1) is 0 Å². The van der Waals surface area contributed by atoms with E-state index in [4.69, 9.17) is 4.74 Å². The third-order valence-electron chi connectivity index (χ3n) is 3.68. The molecule has 0 spiro atoms. The van der Waals surface area contributed by atoms with E-state index in [0.717, 1.165) is 6.07 Å². The molecule has 7 heteroatoms. The summed E-state index contributed by atoms with van der Waals surface area (Å²) in [4.78, 5) is 23.6. The van der Waals surface area contributed by atoms with Gasteiger partial charge in [-0.2, -0.15) is 8.42 Å². The summed E-state index contributed by atoms with van der Waals surface area (Å²) in [5, 5.41) is 0.340. The lowest BCUT2D eigenvalue weighted by Crippen LogP contribution is -2.22. The number of hydrogen-bond acceptors (Lipinski definition) is 5. The normalized spacial score (nSPS) is 14.5. The minimum absolute atomic E-state index is 0.0256. The van der Waals surface area contributed by atoms with Gasteiger partial charge in [0.2, 0.25) is 0 Å². The van der Waals surface area contributed by atoms with Crippen LogP contribution in [0.15, 0.2) is 29.2 Å². The molecule has 2 aromatic carbocycles. The summed E-state index contributed by atoms with van der Waals surface area (Å²) in [6.07, 6.45) is 0. The molecule has 3 rings (SSSR count). The predicted molar refractivity (Wildman–Crippen MR) is 77.6 cm³/mol. The SMILES string of the molecule is CC(C)c1ccc2c(S(=O)(=O)O)ccc3c2c1C(=O)OC3=O. The molecular formula is C15H12O6S. The van der Waals surface area contributed by atoms with E-state index < -0.39 is 22.1 Å². The zero-order valence-corrected chi connectivity index (χ0v) is 12.6. The van der Waals surface area contributed by atoms with Crippen LogP contribution in [0.5, 0.6) is 0 Å². The van der Waals surface area contributed by atoms with Crippen LogP contribution in [0.4, 0.5) is 0 Å². The van der Waals surface area contributed by atoms with Gasteiger partial charge in [-0.25, -0.2) is 9.59 Å². The molecule has 0 bridgehead atoms. The van der Waals surface area contributed by atoms with Crippen LogP contribution in [0, 0.1) is 0 Å². The van der Waals surface area contributed by atoms with Gasteiger partial charge in [0, 0.05) is 10.8 Å². The van der Waals surface area contributed by atoms with Gasteiger partial charge in [0.05, 0.1) is 11.1 Å². The maximum atomic E-state index is 12.1. The molecular weight excluding hydrogens is 308 g/mol. The van der Waals surface area contributed by atoms with E-state index in [1.165, 1.54) is 12.1 Å². The summed E-state index contributed by atoms with van der Waals surface area (Å²) in [7, 11) is -4.48. The fourth-order valence-electron chi connectivity index (χ4n) is 2.72. The molecule has 22 heavy (non-hydrogen) atoms. The summed E-state index contributed by atoms with van der Waals surface area (Å²) in [5.41, 5.74) is 0.936. The lowest BCUT2D eigenvalue weighted by atomic mass is 9.89. The van der Waals surface area contributed by atoms with E-state index >= 15 is 0 Å². The van der Waals surface area contributed by atoms with Gasteiger partial charge in [0.1, 0.15) is 4.90 Å². The topological polar surface area (TPSA) is 97.7 Å². The second-order valence-electron chi connectivity index (χ2n) is 5.37. The van der Waals surface area contributed by atoms with Crippen LogP contribution in [-0.4, -0.2) is 24.9 Å². The van der Waals surface area contributed by atoms with Gasteiger partial charge >= 0.3 is 11.9 Å². The predicted octanol–water partition coefficient (Wildman–Crippen LogP) is 2.52. The van der Waals surface area contributed by atoms with Crippen LogP contribution in [0.1, 0.15) is 46.0 Å². The van der Waals surface area contributed by atoms with E-state index in [1.54, 1.807) is 6.07 Å². The molecule has 6 nitrogen and oxygen atoms in total. The van der Waals surface area contributed by atoms with Gasteiger partial charge in [0.15, 0.2) is 0 Å². The van der Waals surface area contributed by atoms with Gasteiger partial charge in [-0.3, -0.25) is 4.55 Å². The van der Waals surface area contributed by atoms with Gasteiger partial charge in [0.25, 0.3) is 10.1 Å². The van der Waals surface area contributed by atoms with Crippen molar-refractivity contribution in [3.63, 3.8) is 0 Å². The van der Waals surface area contributed by atoms with Crippen molar-refractivity contribution in [3.05, 3.63) is 41.0 Å². The molecule has 0 atom stereocenters. The summed E-state index contributed by atoms with van der Waals surface area (Å²) < 4.78 is 37.1. The molecule has 1 aliphatic rings. The molecule has 0 fully saturated rings. The first kappa shape index (κ1) is 14.7. The van der Waals surface area contributed by atoms with Crippen molar-refractivity contribution in [2.45, 2.75) is 24.7 Å². The highest BCUT2D eigenvalue weighted by molar-refractivity contribution is 7.86. The summed E-state index contributed by atoms with van der Waals surface area (Å²) in [5.74, 6) is -1.66.